The molecule has 0 amide bonds. The van der Waals surface area contributed by atoms with Crippen LogP contribution in [0.4, 0.5) is 0 Å². The molecule has 112 valence electrons. The van der Waals surface area contributed by atoms with Crippen LogP contribution in [-0.4, -0.2) is 35.9 Å². The van der Waals surface area contributed by atoms with Crippen molar-refractivity contribution < 1.29 is 17.3 Å². The van der Waals surface area contributed by atoms with Gasteiger partial charge in [0.1, 0.15) is 0 Å². The van der Waals surface area contributed by atoms with Gasteiger partial charge in [-0.2, -0.15) is 0 Å². The first-order chi connectivity index (χ1) is 9.43. The second-order valence-corrected chi connectivity index (χ2v) is 9.36. The van der Waals surface area contributed by atoms with Gasteiger partial charge in [0.25, 0.3) is 0 Å². The van der Waals surface area contributed by atoms with E-state index >= 15 is 0 Å². The summed E-state index contributed by atoms with van der Waals surface area (Å²) in [5.74, 6) is -0.0419. The lowest BCUT2D eigenvalue weighted by Crippen LogP contribution is -2.37. The molecule has 0 saturated carbocycles. The summed E-state index contributed by atoms with van der Waals surface area (Å²) in [7, 11) is -5.68. The fraction of sp³-hybridized carbons (Fsp3) is 0.429. The van der Waals surface area contributed by atoms with Crippen LogP contribution in [0, 0.1) is 0 Å². The second-order valence-electron chi connectivity index (χ2n) is 4.38. The Bertz CT molecular complexity index is 519. The van der Waals surface area contributed by atoms with E-state index in [1.807, 2.05) is 20.4 Å². The van der Waals surface area contributed by atoms with Gasteiger partial charge in [-0.05, 0) is 38.2 Å². The molecule has 0 aliphatic rings. The molecule has 1 rings (SSSR count). The molecule has 0 heterocycles. The molecule has 0 saturated heterocycles. The minimum absolute atomic E-state index is 0.0419. The second kappa shape index (κ2) is 7.73. The molecule has 4 nitrogen and oxygen atoms in total. The van der Waals surface area contributed by atoms with Gasteiger partial charge >= 0.3 is 8.56 Å². The summed E-state index contributed by atoms with van der Waals surface area (Å²) in [6.45, 7) is 6.82. The zero-order chi connectivity index (χ0) is 15.1. The molecule has 0 N–H and O–H groups in total. The lowest BCUT2D eigenvalue weighted by atomic mass is 10.4. The van der Waals surface area contributed by atoms with Gasteiger partial charge in [-0.25, -0.2) is 8.42 Å². The fourth-order valence-electron chi connectivity index (χ4n) is 1.82. The molecule has 0 aliphatic carbocycles. The fourth-order valence-corrected chi connectivity index (χ4v) is 5.08. The van der Waals surface area contributed by atoms with Crippen molar-refractivity contribution in [3.8, 4) is 0 Å². The quantitative estimate of drug-likeness (QED) is 0.692. The van der Waals surface area contributed by atoms with Gasteiger partial charge < -0.3 is 8.85 Å². The van der Waals surface area contributed by atoms with Gasteiger partial charge in [-0.15, -0.1) is 0 Å². The molecule has 6 heteroatoms. The highest BCUT2D eigenvalue weighted by Crippen LogP contribution is 2.13. The number of hydrogen-bond acceptors (Lipinski definition) is 4. The standard InChI is InChI=1S/C14H22O4SSi/c1-4-17-20(3,18-5-2)13-9-12-19(15,16)14-10-7-6-8-11-14/h6-11,13H,4-5,12H2,1-3H3/b13-9+. The topological polar surface area (TPSA) is 52.6 Å². The number of rotatable bonds is 8. The SMILES string of the molecule is CCO[Si](C)(/C=C/CS(=O)(=O)c1ccccc1)OCC. The van der Waals surface area contributed by atoms with Crippen LogP contribution in [0.15, 0.2) is 47.0 Å². The Morgan fingerprint density at radius 2 is 1.65 bits per heavy atom. The van der Waals surface area contributed by atoms with E-state index in [-0.39, 0.29) is 5.75 Å². The zero-order valence-corrected chi connectivity index (χ0v) is 14.0. The number of benzene rings is 1. The third-order valence-electron chi connectivity index (χ3n) is 2.70. The van der Waals surface area contributed by atoms with E-state index in [0.717, 1.165) is 0 Å². The Morgan fingerprint density at radius 1 is 1.10 bits per heavy atom. The van der Waals surface area contributed by atoms with Crippen molar-refractivity contribution in [2.75, 3.05) is 19.0 Å². The molecule has 0 atom stereocenters. The Balaban J connectivity index is 2.76. The van der Waals surface area contributed by atoms with Crippen LogP contribution in [0.2, 0.25) is 6.55 Å². The average molecular weight is 314 g/mol. The first-order valence-electron chi connectivity index (χ1n) is 6.67. The Morgan fingerprint density at radius 3 is 2.15 bits per heavy atom. The summed E-state index contributed by atoms with van der Waals surface area (Å²) in [5, 5.41) is 0. The molecule has 0 aromatic heterocycles. The molecular weight excluding hydrogens is 292 g/mol. The monoisotopic (exact) mass is 314 g/mol. The predicted molar refractivity (Wildman–Crippen MR) is 82.5 cm³/mol. The zero-order valence-electron chi connectivity index (χ0n) is 12.2. The molecular formula is C14H22O4SSi. The molecule has 20 heavy (non-hydrogen) atoms. The van der Waals surface area contributed by atoms with E-state index in [9.17, 15) is 8.42 Å². The Kier molecular flexibility index (Phi) is 6.61. The average Bonchev–Trinajstić information content (AvgIpc) is 2.40. The smallest absolute Gasteiger partial charge is 0.361 e. The van der Waals surface area contributed by atoms with E-state index in [0.29, 0.717) is 18.1 Å². The third-order valence-corrected chi connectivity index (χ3v) is 6.89. The van der Waals surface area contributed by atoms with Crippen molar-refractivity contribution in [3.63, 3.8) is 0 Å². The highest BCUT2D eigenvalue weighted by Gasteiger charge is 2.27. The molecule has 0 spiro atoms. The summed E-state index contributed by atoms with van der Waals surface area (Å²) in [5.41, 5.74) is 1.79. The summed E-state index contributed by atoms with van der Waals surface area (Å²) in [4.78, 5) is 0.334. The van der Waals surface area contributed by atoms with Crippen molar-refractivity contribution in [1.29, 1.82) is 0 Å². The largest absolute Gasteiger partial charge is 0.392 e. The van der Waals surface area contributed by atoms with Gasteiger partial charge in [0.2, 0.25) is 0 Å². The summed E-state index contributed by atoms with van der Waals surface area (Å²) < 4.78 is 35.5. The van der Waals surface area contributed by atoms with Crippen LogP contribution in [0.5, 0.6) is 0 Å². The maximum atomic E-state index is 12.1. The molecule has 0 radical (unpaired) electrons. The molecule has 0 bridgehead atoms. The van der Waals surface area contributed by atoms with E-state index in [2.05, 4.69) is 0 Å². The third kappa shape index (κ3) is 5.20. The van der Waals surface area contributed by atoms with Gasteiger partial charge in [0, 0.05) is 13.2 Å². The summed E-state index contributed by atoms with van der Waals surface area (Å²) >= 11 is 0. The van der Waals surface area contributed by atoms with E-state index in [1.165, 1.54) is 0 Å². The minimum Gasteiger partial charge on any atom is -0.392 e. The number of hydrogen-bond donors (Lipinski definition) is 0. The Labute approximate surface area is 122 Å². The summed E-state index contributed by atoms with van der Waals surface area (Å²) in [6, 6.07) is 8.44. The van der Waals surface area contributed by atoms with Crippen molar-refractivity contribution in [3.05, 3.63) is 42.1 Å². The van der Waals surface area contributed by atoms with Gasteiger partial charge in [-0.1, -0.05) is 24.3 Å². The molecule has 1 aromatic rings. The van der Waals surface area contributed by atoms with Crippen molar-refractivity contribution in [2.24, 2.45) is 0 Å². The van der Waals surface area contributed by atoms with E-state index in [1.54, 1.807) is 42.1 Å². The van der Waals surface area contributed by atoms with Crippen molar-refractivity contribution in [2.45, 2.75) is 25.3 Å². The minimum atomic E-state index is -3.29. The lowest BCUT2D eigenvalue weighted by Gasteiger charge is -2.22. The van der Waals surface area contributed by atoms with Crippen LogP contribution in [0.3, 0.4) is 0 Å². The van der Waals surface area contributed by atoms with Crippen LogP contribution < -0.4 is 0 Å². The van der Waals surface area contributed by atoms with Crippen LogP contribution in [-0.2, 0) is 18.7 Å². The maximum Gasteiger partial charge on any atom is 0.361 e. The normalized spacial score (nSPS) is 12.9. The van der Waals surface area contributed by atoms with Crippen LogP contribution >= 0.6 is 0 Å². The first-order valence-corrected chi connectivity index (χ1v) is 10.7. The van der Waals surface area contributed by atoms with Gasteiger partial charge in [0.15, 0.2) is 9.84 Å². The first kappa shape index (κ1) is 17.1. The highest BCUT2D eigenvalue weighted by molar-refractivity contribution is 7.91. The molecule has 0 aliphatic heterocycles. The van der Waals surface area contributed by atoms with E-state index < -0.39 is 18.4 Å². The highest BCUT2D eigenvalue weighted by atomic mass is 32.2. The van der Waals surface area contributed by atoms with Gasteiger partial charge in [-0.3, -0.25) is 0 Å². The lowest BCUT2D eigenvalue weighted by molar-refractivity contribution is 0.201. The van der Waals surface area contributed by atoms with Gasteiger partial charge in [0.05, 0.1) is 10.6 Å². The molecule has 1 aromatic carbocycles. The Hall–Kier alpha value is -0.953. The van der Waals surface area contributed by atoms with E-state index in [4.69, 9.17) is 8.85 Å². The van der Waals surface area contributed by atoms with Crippen molar-refractivity contribution in [1.82, 2.24) is 0 Å². The summed E-state index contributed by atoms with van der Waals surface area (Å²) in [6.07, 6.45) is 1.64. The maximum absolute atomic E-state index is 12.1. The van der Waals surface area contributed by atoms with Crippen LogP contribution in [0.1, 0.15) is 13.8 Å². The number of sulfone groups is 1. The van der Waals surface area contributed by atoms with Crippen LogP contribution in [0.25, 0.3) is 0 Å². The predicted octanol–water partition coefficient (Wildman–Crippen LogP) is 2.70. The molecule has 0 unspecified atom stereocenters. The molecule has 0 fully saturated rings. The van der Waals surface area contributed by atoms with Crippen molar-refractivity contribution >= 4 is 18.4 Å².